The van der Waals surface area contributed by atoms with E-state index in [1.165, 1.54) is 12.2 Å². The van der Waals surface area contributed by atoms with Crippen molar-refractivity contribution in [3.63, 3.8) is 0 Å². The molecule has 1 fully saturated rings. The summed E-state index contributed by atoms with van der Waals surface area (Å²) in [6.45, 7) is 7.69. The van der Waals surface area contributed by atoms with E-state index in [1.54, 1.807) is 27.7 Å². The van der Waals surface area contributed by atoms with E-state index in [0.29, 0.717) is 6.61 Å². The third-order valence-corrected chi connectivity index (χ3v) is 6.21. The molecule has 2 aliphatic carbocycles. The van der Waals surface area contributed by atoms with Crippen LogP contribution in [0, 0.1) is 39.9 Å². The van der Waals surface area contributed by atoms with Crippen LogP contribution in [0.3, 0.4) is 0 Å². The van der Waals surface area contributed by atoms with Crippen LogP contribution in [-0.2, 0) is 33.3 Å². The zero-order chi connectivity index (χ0) is 23.5. The quantitative estimate of drug-likeness (QED) is 0.517. The highest BCUT2D eigenvalue weighted by atomic mass is 16.7. The Kier molecular flexibility index (Phi) is 7.04. The Bertz CT molecular complexity index is 914. The minimum absolute atomic E-state index is 0.0673. The summed E-state index contributed by atoms with van der Waals surface area (Å²) in [5.74, 6) is -2.81. The van der Waals surface area contributed by atoms with Crippen molar-refractivity contribution in [3.05, 3.63) is 23.3 Å². The van der Waals surface area contributed by atoms with Gasteiger partial charge in [0.2, 0.25) is 0 Å². The van der Waals surface area contributed by atoms with Gasteiger partial charge in [0, 0.05) is 42.6 Å². The topological polar surface area (TPSA) is 128 Å². The molecule has 0 spiro atoms. The lowest BCUT2D eigenvalue weighted by Crippen LogP contribution is -2.72. The van der Waals surface area contributed by atoms with Crippen molar-refractivity contribution < 1.29 is 33.3 Å². The second kappa shape index (κ2) is 9.41. The number of carbonyl (C=O) groups is 2. The van der Waals surface area contributed by atoms with Gasteiger partial charge in [0.15, 0.2) is 11.9 Å². The van der Waals surface area contributed by atoms with Crippen molar-refractivity contribution in [3.8, 4) is 12.1 Å². The lowest BCUT2D eigenvalue weighted by molar-refractivity contribution is -0.298. The fraction of sp³-hybridized carbons (Fsp3) is 0.652. The number of hydrogen-bond acceptors (Lipinski definition) is 9. The first-order valence-corrected chi connectivity index (χ1v) is 10.9. The summed E-state index contributed by atoms with van der Waals surface area (Å²) in [6, 6.07) is 4.21. The first-order valence-electron chi connectivity index (χ1n) is 10.9. The predicted octanol–water partition coefficient (Wildman–Crippen LogP) is 2.19. The van der Waals surface area contributed by atoms with Crippen LogP contribution in [0.15, 0.2) is 23.3 Å². The van der Waals surface area contributed by atoms with Gasteiger partial charge in [0.05, 0.1) is 25.4 Å². The number of fused-ring (bicyclic) bond motifs is 1. The largest absolute Gasteiger partial charge is 0.465 e. The Morgan fingerprint density at radius 1 is 1.06 bits per heavy atom. The van der Waals surface area contributed by atoms with Gasteiger partial charge in [-0.3, -0.25) is 4.79 Å². The van der Waals surface area contributed by atoms with Crippen molar-refractivity contribution in [2.45, 2.75) is 52.1 Å². The zero-order valence-electron chi connectivity index (χ0n) is 18.8. The van der Waals surface area contributed by atoms with Crippen LogP contribution >= 0.6 is 0 Å². The summed E-state index contributed by atoms with van der Waals surface area (Å²) in [4.78, 5) is 26.5. The second-order valence-electron chi connectivity index (χ2n) is 7.73. The van der Waals surface area contributed by atoms with Gasteiger partial charge < -0.3 is 23.7 Å². The number of nitriles is 2. The second-order valence-corrected chi connectivity index (χ2v) is 7.73. The summed E-state index contributed by atoms with van der Waals surface area (Å²) in [5, 5.41) is 20.1. The number of esters is 2. The lowest BCUT2D eigenvalue weighted by Gasteiger charge is -2.60. The van der Waals surface area contributed by atoms with E-state index < -0.39 is 47.2 Å². The average Bonchev–Trinajstić information content (AvgIpc) is 2.79. The van der Waals surface area contributed by atoms with Crippen molar-refractivity contribution in [1.82, 2.24) is 0 Å². The Hall–Kier alpha value is -2.72. The molecule has 0 unspecified atom stereocenters. The first kappa shape index (κ1) is 23.9. The van der Waals surface area contributed by atoms with Gasteiger partial charge in [0.25, 0.3) is 0 Å². The van der Waals surface area contributed by atoms with Crippen LogP contribution in [0.2, 0.25) is 0 Å². The number of ether oxygens (including phenoxy) is 5. The molecule has 0 aromatic rings. The highest BCUT2D eigenvalue weighted by Gasteiger charge is 2.75. The van der Waals surface area contributed by atoms with E-state index in [4.69, 9.17) is 23.7 Å². The molecule has 32 heavy (non-hydrogen) atoms. The standard InChI is InChI=1S/C23H28N2O7/c1-5-28-16-9-14(12-24)10-23(21(27)31-8-4)18(16)17-15(19(26)29-6-2)11-22(23,13-25)32-20(17)30-7-3/h10-11,16-18,20H,5-9H2,1-4H3/t16-,17+,18+,20-,22-,23-/m0/s1. The van der Waals surface area contributed by atoms with Gasteiger partial charge >= 0.3 is 11.9 Å². The Morgan fingerprint density at radius 3 is 2.31 bits per heavy atom. The van der Waals surface area contributed by atoms with E-state index in [0.717, 1.165) is 0 Å². The monoisotopic (exact) mass is 444 g/mol. The maximum absolute atomic E-state index is 13.5. The molecule has 0 N–H and O–H groups in total. The first-order chi connectivity index (χ1) is 15.4. The number of nitrogens with zero attached hydrogens (tertiary/aromatic N) is 2. The molecular weight excluding hydrogens is 416 g/mol. The maximum atomic E-state index is 13.5. The van der Waals surface area contributed by atoms with Gasteiger partial charge in [-0.1, -0.05) is 0 Å². The van der Waals surface area contributed by atoms with Crippen LogP contribution in [-0.4, -0.2) is 56.4 Å². The molecular formula is C23H28N2O7. The van der Waals surface area contributed by atoms with E-state index >= 15 is 0 Å². The Morgan fingerprint density at radius 2 is 1.75 bits per heavy atom. The van der Waals surface area contributed by atoms with Crippen molar-refractivity contribution in [2.24, 2.45) is 17.3 Å². The van der Waals surface area contributed by atoms with E-state index in [2.05, 4.69) is 12.1 Å². The fourth-order valence-electron chi connectivity index (χ4n) is 5.18. The molecule has 172 valence electrons. The summed E-state index contributed by atoms with van der Waals surface area (Å²) in [5.41, 5.74) is -3.13. The van der Waals surface area contributed by atoms with Gasteiger partial charge in [0.1, 0.15) is 11.5 Å². The SMILES string of the molecule is CCOC(=O)C1=C[C@@]2(C#N)O[C@H](OCC)[C@H]1[C@H]1[C@@H](OCC)CC(C#N)=C[C@@]12C(=O)OCC. The normalized spacial score (nSPS) is 34.9. The third kappa shape index (κ3) is 3.41. The molecule has 2 heterocycles. The number of hydrogen-bond donors (Lipinski definition) is 0. The van der Waals surface area contributed by atoms with Crippen LogP contribution < -0.4 is 0 Å². The summed E-state index contributed by atoms with van der Waals surface area (Å²) in [7, 11) is 0. The van der Waals surface area contributed by atoms with E-state index in [9.17, 15) is 20.1 Å². The predicted molar refractivity (Wildman–Crippen MR) is 109 cm³/mol. The van der Waals surface area contributed by atoms with Gasteiger partial charge in [-0.2, -0.15) is 10.5 Å². The van der Waals surface area contributed by atoms with Crippen molar-refractivity contribution in [1.29, 1.82) is 10.5 Å². The van der Waals surface area contributed by atoms with Crippen molar-refractivity contribution >= 4 is 11.9 Å². The molecule has 0 amide bonds. The van der Waals surface area contributed by atoms with Crippen LogP contribution in [0.4, 0.5) is 0 Å². The fourth-order valence-corrected chi connectivity index (χ4v) is 5.18. The molecule has 0 radical (unpaired) electrons. The molecule has 9 heteroatoms. The molecule has 2 bridgehead atoms. The van der Waals surface area contributed by atoms with Crippen molar-refractivity contribution in [2.75, 3.05) is 26.4 Å². The van der Waals surface area contributed by atoms with E-state index in [1.807, 2.05) is 0 Å². The highest BCUT2D eigenvalue weighted by Crippen LogP contribution is 2.63. The van der Waals surface area contributed by atoms with Crippen LogP contribution in [0.25, 0.3) is 0 Å². The molecule has 0 aromatic heterocycles. The highest BCUT2D eigenvalue weighted by molar-refractivity contribution is 5.93. The molecule has 9 nitrogen and oxygen atoms in total. The average molecular weight is 444 g/mol. The molecule has 1 saturated heterocycles. The summed E-state index contributed by atoms with van der Waals surface area (Å²) in [6.07, 6.45) is 1.42. The maximum Gasteiger partial charge on any atom is 0.334 e. The minimum atomic E-state index is -1.95. The molecule has 4 aliphatic rings. The number of rotatable bonds is 8. The molecule has 2 aliphatic heterocycles. The third-order valence-electron chi connectivity index (χ3n) is 6.21. The molecule has 4 rings (SSSR count). The van der Waals surface area contributed by atoms with Crippen LogP contribution in [0.1, 0.15) is 34.1 Å². The lowest BCUT2D eigenvalue weighted by atomic mass is 9.49. The van der Waals surface area contributed by atoms with Gasteiger partial charge in [-0.05, 0) is 39.8 Å². The molecule has 6 atom stereocenters. The minimum Gasteiger partial charge on any atom is -0.465 e. The smallest absolute Gasteiger partial charge is 0.334 e. The van der Waals surface area contributed by atoms with Gasteiger partial charge in [-0.25, -0.2) is 4.79 Å². The molecule has 0 saturated carbocycles. The van der Waals surface area contributed by atoms with Gasteiger partial charge in [-0.15, -0.1) is 0 Å². The van der Waals surface area contributed by atoms with Crippen LogP contribution in [0.5, 0.6) is 0 Å². The summed E-state index contributed by atoms with van der Waals surface area (Å²) >= 11 is 0. The number of carbonyl (C=O) groups excluding carboxylic acids is 2. The Labute approximate surface area is 187 Å². The molecule has 0 aromatic carbocycles. The Balaban J connectivity index is 2.36. The zero-order valence-corrected chi connectivity index (χ0v) is 18.8. The summed E-state index contributed by atoms with van der Waals surface area (Å²) < 4.78 is 28.6. The van der Waals surface area contributed by atoms with E-state index in [-0.39, 0.29) is 37.4 Å².